The summed E-state index contributed by atoms with van der Waals surface area (Å²) in [7, 11) is 1.94. The first-order chi connectivity index (χ1) is 11.7. The molecule has 130 valence electrons. The summed E-state index contributed by atoms with van der Waals surface area (Å²) >= 11 is 1.67. The van der Waals surface area contributed by atoms with E-state index in [1.165, 1.54) is 5.56 Å². The lowest BCUT2D eigenvalue weighted by atomic mass is 10.3. The molecule has 1 amide bonds. The van der Waals surface area contributed by atoms with Crippen LogP contribution in [0.4, 0.5) is 0 Å². The Balaban J connectivity index is 1.60. The first-order valence-corrected chi connectivity index (χ1v) is 8.93. The zero-order valence-corrected chi connectivity index (χ0v) is 15.0. The van der Waals surface area contributed by atoms with Gasteiger partial charge in [0.25, 0.3) is 0 Å². The largest absolute Gasteiger partial charge is 0.494 e. The van der Waals surface area contributed by atoms with Crippen molar-refractivity contribution in [3.8, 4) is 11.5 Å². The number of likely N-dealkylation sites (N-methyl/N-ethyl adjacent to an activating group) is 1. The van der Waals surface area contributed by atoms with E-state index in [2.05, 4.69) is 16.8 Å². The Morgan fingerprint density at radius 2 is 1.88 bits per heavy atom. The lowest BCUT2D eigenvalue weighted by Gasteiger charge is -2.15. The number of benzene rings is 1. The van der Waals surface area contributed by atoms with Gasteiger partial charge in [-0.15, -0.1) is 0 Å². The molecule has 6 heteroatoms. The van der Waals surface area contributed by atoms with Crippen LogP contribution in [0.5, 0.6) is 11.5 Å². The highest BCUT2D eigenvalue weighted by molar-refractivity contribution is 7.07. The van der Waals surface area contributed by atoms with Crippen molar-refractivity contribution < 1.29 is 14.3 Å². The topological polar surface area (TPSA) is 50.8 Å². The van der Waals surface area contributed by atoms with Crippen LogP contribution in [0.15, 0.2) is 41.1 Å². The van der Waals surface area contributed by atoms with Gasteiger partial charge in [0.05, 0.1) is 19.7 Å². The molecule has 0 saturated heterocycles. The summed E-state index contributed by atoms with van der Waals surface area (Å²) < 4.78 is 11.0. The molecule has 0 aliphatic heterocycles. The number of nitrogens with one attached hydrogen (secondary N) is 1. The minimum absolute atomic E-state index is 0.00280. The second-order valence-corrected chi connectivity index (χ2v) is 6.19. The predicted octanol–water partition coefficient (Wildman–Crippen LogP) is 2.77. The highest BCUT2D eigenvalue weighted by atomic mass is 32.1. The van der Waals surface area contributed by atoms with Crippen LogP contribution in [0.2, 0.25) is 0 Å². The third-order valence-corrected chi connectivity index (χ3v) is 4.01. The molecule has 1 aromatic heterocycles. The van der Waals surface area contributed by atoms with Crippen molar-refractivity contribution in [1.29, 1.82) is 0 Å². The number of carbonyl (C=O) groups is 1. The molecule has 24 heavy (non-hydrogen) atoms. The minimum Gasteiger partial charge on any atom is -0.494 e. The lowest BCUT2D eigenvalue weighted by Crippen LogP contribution is -2.36. The van der Waals surface area contributed by atoms with Gasteiger partial charge < -0.3 is 14.8 Å². The van der Waals surface area contributed by atoms with E-state index in [-0.39, 0.29) is 5.91 Å². The van der Waals surface area contributed by atoms with Gasteiger partial charge in [0.2, 0.25) is 5.91 Å². The van der Waals surface area contributed by atoms with Crippen LogP contribution in [0.3, 0.4) is 0 Å². The summed E-state index contributed by atoms with van der Waals surface area (Å²) in [6, 6.07) is 9.54. The third kappa shape index (κ3) is 6.60. The Bertz CT molecular complexity index is 599. The Kier molecular flexibility index (Phi) is 7.58. The van der Waals surface area contributed by atoms with E-state index in [1.807, 2.05) is 48.5 Å². The Hall–Kier alpha value is -2.05. The first kappa shape index (κ1) is 18.3. The van der Waals surface area contributed by atoms with E-state index in [0.717, 1.165) is 18.0 Å². The maximum atomic E-state index is 11.9. The van der Waals surface area contributed by atoms with Gasteiger partial charge in [0.1, 0.15) is 18.1 Å². The molecule has 1 heterocycles. The fourth-order valence-corrected chi connectivity index (χ4v) is 2.87. The van der Waals surface area contributed by atoms with E-state index in [9.17, 15) is 4.79 Å². The molecule has 0 radical (unpaired) electrons. The monoisotopic (exact) mass is 348 g/mol. The first-order valence-electron chi connectivity index (χ1n) is 7.99. The lowest BCUT2D eigenvalue weighted by molar-refractivity contribution is -0.122. The fraction of sp³-hybridized carbons (Fsp3) is 0.389. The van der Waals surface area contributed by atoms with Crippen molar-refractivity contribution in [1.82, 2.24) is 10.2 Å². The van der Waals surface area contributed by atoms with E-state index in [4.69, 9.17) is 9.47 Å². The Morgan fingerprint density at radius 1 is 1.17 bits per heavy atom. The van der Waals surface area contributed by atoms with Gasteiger partial charge in [-0.3, -0.25) is 9.69 Å². The van der Waals surface area contributed by atoms with Crippen LogP contribution in [0.1, 0.15) is 12.5 Å². The van der Waals surface area contributed by atoms with Gasteiger partial charge in [-0.05, 0) is 60.6 Å². The molecule has 0 unspecified atom stereocenters. The zero-order valence-electron chi connectivity index (χ0n) is 14.2. The van der Waals surface area contributed by atoms with Crippen molar-refractivity contribution in [3.63, 3.8) is 0 Å². The normalized spacial score (nSPS) is 10.6. The Morgan fingerprint density at radius 3 is 2.50 bits per heavy atom. The van der Waals surface area contributed by atoms with E-state index in [0.29, 0.717) is 26.3 Å². The van der Waals surface area contributed by atoms with Gasteiger partial charge >= 0.3 is 0 Å². The number of rotatable bonds is 10. The fourth-order valence-electron chi connectivity index (χ4n) is 2.21. The van der Waals surface area contributed by atoms with E-state index < -0.39 is 0 Å². The molecular formula is C18H24N2O3S. The number of carbonyl (C=O) groups excluding carboxylic acids is 1. The maximum absolute atomic E-state index is 11.9. The molecule has 0 spiro atoms. The second kappa shape index (κ2) is 9.95. The summed E-state index contributed by atoms with van der Waals surface area (Å²) in [5.41, 5.74) is 1.23. The summed E-state index contributed by atoms with van der Waals surface area (Å²) in [4.78, 5) is 13.9. The number of ether oxygens (including phenoxy) is 2. The number of thiophene rings is 1. The molecule has 1 aromatic carbocycles. The molecule has 0 aliphatic carbocycles. The predicted molar refractivity (Wildman–Crippen MR) is 96.8 cm³/mol. The number of amides is 1. The number of hydrogen-bond acceptors (Lipinski definition) is 5. The van der Waals surface area contributed by atoms with Gasteiger partial charge in [-0.1, -0.05) is 0 Å². The summed E-state index contributed by atoms with van der Waals surface area (Å²) in [5, 5.41) is 7.01. The number of hydrogen-bond donors (Lipinski definition) is 1. The van der Waals surface area contributed by atoms with Crippen LogP contribution in [0.25, 0.3) is 0 Å². The quantitative estimate of drug-likeness (QED) is 0.671. The van der Waals surface area contributed by atoms with Gasteiger partial charge in [-0.25, -0.2) is 0 Å². The molecule has 0 aliphatic rings. The third-order valence-electron chi connectivity index (χ3n) is 3.27. The average Bonchev–Trinajstić information content (AvgIpc) is 3.06. The van der Waals surface area contributed by atoms with Crippen LogP contribution >= 0.6 is 11.3 Å². The molecular weight excluding hydrogens is 324 g/mol. The maximum Gasteiger partial charge on any atom is 0.234 e. The van der Waals surface area contributed by atoms with Crippen LogP contribution in [-0.2, 0) is 11.3 Å². The summed E-state index contributed by atoms with van der Waals surface area (Å²) in [6.07, 6.45) is 0. The van der Waals surface area contributed by atoms with Crippen molar-refractivity contribution >= 4 is 17.2 Å². The standard InChI is InChI=1S/C18H24N2O3S/c1-3-22-16-4-6-17(7-5-16)23-10-9-19-18(21)13-20(2)12-15-8-11-24-14-15/h4-8,11,14H,3,9-10,12-13H2,1-2H3,(H,19,21). The van der Waals surface area contributed by atoms with Gasteiger partial charge in [0.15, 0.2) is 0 Å². The molecule has 0 saturated carbocycles. The van der Waals surface area contributed by atoms with E-state index in [1.54, 1.807) is 11.3 Å². The SMILES string of the molecule is CCOc1ccc(OCCNC(=O)CN(C)Cc2ccsc2)cc1. The molecule has 2 rings (SSSR count). The highest BCUT2D eigenvalue weighted by Crippen LogP contribution is 2.17. The van der Waals surface area contributed by atoms with Crippen molar-refractivity contribution in [2.45, 2.75) is 13.5 Å². The summed E-state index contributed by atoms with van der Waals surface area (Å²) in [6.45, 7) is 4.67. The van der Waals surface area contributed by atoms with Crippen LogP contribution in [-0.4, -0.2) is 44.2 Å². The molecule has 2 aromatic rings. The van der Waals surface area contributed by atoms with Crippen molar-refractivity contribution in [3.05, 3.63) is 46.7 Å². The van der Waals surface area contributed by atoms with Crippen LogP contribution < -0.4 is 14.8 Å². The molecule has 1 N–H and O–H groups in total. The number of nitrogens with zero attached hydrogens (tertiary/aromatic N) is 1. The van der Waals surface area contributed by atoms with Gasteiger partial charge in [0, 0.05) is 6.54 Å². The molecule has 0 bridgehead atoms. The Labute approximate surface area is 147 Å². The average molecular weight is 348 g/mol. The van der Waals surface area contributed by atoms with E-state index >= 15 is 0 Å². The van der Waals surface area contributed by atoms with Crippen LogP contribution in [0, 0.1) is 0 Å². The van der Waals surface area contributed by atoms with Crippen molar-refractivity contribution in [2.75, 3.05) is 33.4 Å². The van der Waals surface area contributed by atoms with Crippen molar-refractivity contribution in [2.24, 2.45) is 0 Å². The summed E-state index contributed by atoms with van der Waals surface area (Å²) in [5.74, 6) is 1.59. The molecule has 0 fully saturated rings. The minimum atomic E-state index is 0.00280. The van der Waals surface area contributed by atoms with Gasteiger partial charge in [-0.2, -0.15) is 11.3 Å². The second-order valence-electron chi connectivity index (χ2n) is 5.41. The molecule has 0 atom stereocenters. The smallest absolute Gasteiger partial charge is 0.234 e. The highest BCUT2D eigenvalue weighted by Gasteiger charge is 2.07. The zero-order chi connectivity index (χ0) is 17.2. The molecule has 5 nitrogen and oxygen atoms in total.